The molecule has 0 bridgehead atoms. The van der Waals surface area contributed by atoms with E-state index in [9.17, 15) is 4.39 Å². The molecule has 1 aliphatic carbocycles. The van der Waals surface area contributed by atoms with Gasteiger partial charge in [0, 0.05) is 12.1 Å². The average molecular weight is 272 g/mol. The highest BCUT2D eigenvalue weighted by Gasteiger charge is 2.30. The van der Waals surface area contributed by atoms with Crippen molar-refractivity contribution in [3.63, 3.8) is 0 Å². The van der Waals surface area contributed by atoms with Gasteiger partial charge in [0.1, 0.15) is 5.82 Å². The van der Waals surface area contributed by atoms with E-state index in [0.29, 0.717) is 17.8 Å². The summed E-state index contributed by atoms with van der Waals surface area (Å²) < 4.78 is 18.2. The third kappa shape index (κ3) is 2.74. The standard InChI is InChI=1S/C16H17FN2O/c1-20-16-6-5-14(10-18-16)19-15-8-12(9-15)11-3-2-4-13(17)7-11/h2-7,10,12,15,19H,8-9H2,1H3. The number of nitrogens with one attached hydrogen (secondary N) is 1. The Morgan fingerprint density at radius 2 is 2.10 bits per heavy atom. The van der Waals surface area contributed by atoms with Gasteiger partial charge in [0.05, 0.1) is 19.0 Å². The second-order valence-electron chi connectivity index (χ2n) is 5.15. The maximum atomic E-state index is 13.2. The molecule has 0 unspecified atom stereocenters. The summed E-state index contributed by atoms with van der Waals surface area (Å²) >= 11 is 0. The van der Waals surface area contributed by atoms with E-state index < -0.39 is 0 Å². The van der Waals surface area contributed by atoms with Crippen LogP contribution < -0.4 is 10.1 Å². The highest BCUT2D eigenvalue weighted by Crippen LogP contribution is 2.38. The van der Waals surface area contributed by atoms with Gasteiger partial charge in [-0.3, -0.25) is 0 Å². The Bertz CT molecular complexity index is 579. The Balaban J connectivity index is 1.55. The molecule has 1 aromatic heterocycles. The van der Waals surface area contributed by atoms with Crippen molar-refractivity contribution in [3.8, 4) is 5.88 Å². The smallest absolute Gasteiger partial charge is 0.213 e. The van der Waals surface area contributed by atoms with Crippen LogP contribution in [0.2, 0.25) is 0 Å². The summed E-state index contributed by atoms with van der Waals surface area (Å²) in [4.78, 5) is 4.16. The zero-order valence-electron chi connectivity index (χ0n) is 11.3. The van der Waals surface area contributed by atoms with Crippen molar-refractivity contribution in [1.82, 2.24) is 4.98 Å². The second kappa shape index (κ2) is 5.49. The Morgan fingerprint density at radius 1 is 1.25 bits per heavy atom. The van der Waals surface area contributed by atoms with Crippen molar-refractivity contribution in [2.45, 2.75) is 24.8 Å². The van der Waals surface area contributed by atoms with Gasteiger partial charge < -0.3 is 10.1 Å². The number of benzene rings is 1. The third-order valence-electron chi connectivity index (χ3n) is 3.77. The first-order valence-corrected chi connectivity index (χ1v) is 6.76. The molecule has 104 valence electrons. The summed E-state index contributed by atoms with van der Waals surface area (Å²) in [5, 5.41) is 3.43. The quantitative estimate of drug-likeness (QED) is 0.923. The fourth-order valence-corrected chi connectivity index (χ4v) is 2.59. The lowest BCUT2D eigenvalue weighted by atomic mass is 9.76. The largest absolute Gasteiger partial charge is 0.481 e. The summed E-state index contributed by atoms with van der Waals surface area (Å²) in [6.07, 6.45) is 3.82. The molecule has 2 aromatic rings. The van der Waals surface area contributed by atoms with Crippen LogP contribution in [0.1, 0.15) is 24.3 Å². The van der Waals surface area contributed by atoms with E-state index in [1.165, 1.54) is 6.07 Å². The SMILES string of the molecule is COc1ccc(NC2CC(c3cccc(F)c3)C2)cn1. The molecule has 1 heterocycles. The van der Waals surface area contributed by atoms with E-state index in [1.54, 1.807) is 25.4 Å². The van der Waals surface area contributed by atoms with Gasteiger partial charge in [-0.15, -0.1) is 0 Å². The monoisotopic (exact) mass is 272 g/mol. The van der Waals surface area contributed by atoms with Crippen LogP contribution >= 0.6 is 0 Å². The minimum absolute atomic E-state index is 0.154. The van der Waals surface area contributed by atoms with Crippen LogP contribution in [0.25, 0.3) is 0 Å². The Labute approximate surface area is 117 Å². The molecular weight excluding hydrogens is 255 g/mol. The molecular formula is C16H17FN2O. The number of ether oxygens (including phenoxy) is 1. The van der Waals surface area contributed by atoms with Crippen molar-refractivity contribution >= 4 is 5.69 Å². The van der Waals surface area contributed by atoms with E-state index in [2.05, 4.69) is 10.3 Å². The van der Waals surface area contributed by atoms with Gasteiger partial charge >= 0.3 is 0 Å². The third-order valence-corrected chi connectivity index (χ3v) is 3.77. The zero-order valence-corrected chi connectivity index (χ0v) is 11.3. The van der Waals surface area contributed by atoms with Crippen LogP contribution in [0.3, 0.4) is 0 Å². The van der Waals surface area contributed by atoms with E-state index >= 15 is 0 Å². The zero-order chi connectivity index (χ0) is 13.9. The predicted molar refractivity (Wildman–Crippen MR) is 76.6 cm³/mol. The van der Waals surface area contributed by atoms with Gasteiger partial charge in [0.15, 0.2) is 0 Å². The van der Waals surface area contributed by atoms with Crippen LogP contribution in [-0.4, -0.2) is 18.1 Å². The van der Waals surface area contributed by atoms with E-state index in [4.69, 9.17) is 4.74 Å². The summed E-state index contributed by atoms with van der Waals surface area (Å²) in [5.41, 5.74) is 2.09. The average Bonchev–Trinajstić information content (AvgIpc) is 2.43. The van der Waals surface area contributed by atoms with Crippen molar-refractivity contribution in [2.24, 2.45) is 0 Å². The Morgan fingerprint density at radius 3 is 2.75 bits per heavy atom. The van der Waals surface area contributed by atoms with Gasteiger partial charge in [-0.2, -0.15) is 0 Å². The lowest BCUT2D eigenvalue weighted by molar-refractivity contribution is 0.372. The number of rotatable bonds is 4. The number of hydrogen-bond donors (Lipinski definition) is 1. The number of aromatic nitrogens is 1. The number of pyridine rings is 1. The van der Waals surface area contributed by atoms with Gasteiger partial charge in [-0.05, 0) is 42.5 Å². The molecule has 0 atom stereocenters. The van der Waals surface area contributed by atoms with Gasteiger partial charge in [0.25, 0.3) is 0 Å². The molecule has 0 aliphatic heterocycles. The number of nitrogens with zero attached hydrogens (tertiary/aromatic N) is 1. The number of anilines is 1. The Hall–Kier alpha value is -2.10. The van der Waals surface area contributed by atoms with Crippen LogP contribution in [0, 0.1) is 5.82 Å². The van der Waals surface area contributed by atoms with Crippen LogP contribution in [0.4, 0.5) is 10.1 Å². The maximum Gasteiger partial charge on any atom is 0.213 e. The first-order valence-electron chi connectivity index (χ1n) is 6.76. The topological polar surface area (TPSA) is 34.1 Å². The summed E-state index contributed by atoms with van der Waals surface area (Å²) in [5.74, 6) is 0.912. The first kappa shape index (κ1) is 12.9. The minimum atomic E-state index is -0.154. The molecule has 1 N–H and O–H groups in total. The molecule has 20 heavy (non-hydrogen) atoms. The van der Waals surface area contributed by atoms with Gasteiger partial charge in [-0.1, -0.05) is 12.1 Å². The van der Waals surface area contributed by atoms with Gasteiger partial charge in [-0.25, -0.2) is 9.37 Å². The maximum absolute atomic E-state index is 13.2. The number of methoxy groups -OCH3 is 1. The van der Waals surface area contributed by atoms with Crippen molar-refractivity contribution < 1.29 is 9.13 Å². The van der Waals surface area contributed by atoms with E-state index in [-0.39, 0.29) is 5.82 Å². The molecule has 3 rings (SSSR count). The predicted octanol–water partition coefficient (Wildman–Crippen LogP) is 3.59. The molecule has 0 saturated heterocycles. The van der Waals surface area contributed by atoms with Crippen LogP contribution in [0.5, 0.6) is 5.88 Å². The minimum Gasteiger partial charge on any atom is -0.481 e. The van der Waals surface area contributed by atoms with Crippen molar-refractivity contribution in [3.05, 3.63) is 54.0 Å². The molecule has 1 aromatic carbocycles. The molecule has 1 aliphatic rings. The Kier molecular flexibility index (Phi) is 3.54. The second-order valence-corrected chi connectivity index (χ2v) is 5.15. The van der Waals surface area contributed by atoms with Crippen LogP contribution in [0.15, 0.2) is 42.6 Å². The highest BCUT2D eigenvalue weighted by molar-refractivity contribution is 5.44. The highest BCUT2D eigenvalue weighted by atomic mass is 19.1. The van der Waals surface area contributed by atoms with Crippen molar-refractivity contribution in [2.75, 3.05) is 12.4 Å². The van der Waals surface area contributed by atoms with Gasteiger partial charge in [0.2, 0.25) is 5.88 Å². The molecule has 1 saturated carbocycles. The lowest BCUT2D eigenvalue weighted by Gasteiger charge is -2.36. The van der Waals surface area contributed by atoms with E-state index in [0.717, 1.165) is 24.1 Å². The number of hydrogen-bond acceptors (Lipinski definition) is 3. The van der Waals surface area contributed by atoms with Crippen LogP contribution in [-0.2, 0) is 0 Å². The summed E-state index contributed by atoms with van der Waals surface area (Å²) in [6, 6.07) is 11.1. The summed E-state index contributed by atoms with van der Waals surface area (Å²) in [7, 11) is 1.60. The first-order chi connectivity index (χ1) is 9.74. The normalized spacial score (nSPS) is 21.1. The molecule has 0 amide bonds. The number of halogens is 1. The summed E-state index contributed by atoms with van der Waals surface area (Å²) in [6.45, 7) is 0. The lowest BCUT2D eigenvalue weighted by Crippen LogP contribution is -2.34. The fraction of sp³-hybridized carbons (Fsp3) is 0.312. The molecule has 1 fully saturated rings. The fourth-order valence-electron chi connectivity index (χ4n) is 2.59. The molecule has 0 spiro atoms. The molecule has 0 radical (unpaired) electrons. The van der Waals surface area contributed by atoms with E-state index in [1.807, 2.05) is 18.2 Å². The molecule has 4 heteroatoms. The molecule has 3 nitrogen and oxygen atoms in total. The van der Waals surface area contributed by atoms with Crippen molar-refractivity contribution in [1.29, 1.82) is 0 Å².